The number of nitrogens with one attached hydrogen (secondary N) is 1. The van der Waals surface area contributed by atoms with E-state index in [1.54, 1.807) is 7.11 Å². The highest BCUT2D eigenvalue weighted by Gasteiger charge is 2.26. The third-order valence-corrected chi connectivity index (χ3v) is 3.06. The van der Waals surface area contributed by atoms with Gasteiger partial charge in [0.15, 0.2) is 6.29 Å². The molecule has 1 heterocycles. The van der Waals surface area contributed by atoms with Crippen LogP contribution in [-0.2, 0) is 9.47 Å². The molecular weight excluding hydrogens is 242 g/mol. The predicted molar refractivity (Wildman–Crippen MR) is 74.3 cm³/mol. The summed E-state index contributed by atoms with van der Waals surface area (Å²) in [5.41, 5.74) is 1.03. The number of ether oxygens (including phenoxy) is 3. The van der Waals surface area contributed by atoms with Gasteiger partial charge in [-0.2, -0.15) is 0 Å². The van der Waals surface area contributed by atoms with Crippen LogP contribution < -0.4 is 10.1 Å². The van der Waals surface area contributed by atoms with Crippen LogP contribution in [0.5, 0.6) is 5.75 Å². The van der Waals surface area contributed by atoms with Gasteiger partial charge in [0.05, 0.1) is 19.8 Å². The molecule has 2 unspecified atom stereocenters. The summed E-state index contributed by atoms with van der Waals surface area (Å²) in [6.45, 7) is 6.87. The zero-order valence-electron chi connectivity index (χ0n) is 11.9. The van der Waals surface area contributed by atoms with Gasteiger partial charge in [0.2, 0.25) is 0 Å². The van der Waals surface area contributed by atoms with Crippen molar-refractivity contribution in [1.29, 1.82) is 0 Å². The van der Waals surface area contributed by atoms with Gasteiger partial charge < -0.3 is 19.5 Å². The molecule has 2 atom stereocenters. The van der Waals surface area contributed by atoms with Crippen LogP contribution in [0, 0.1) is 5.92 Å². The molecule has 106 valence electrons. The molecule has 4 nitrogen and oxygen atoms in total. The SMILES string of the molecule is COc1ccc(C2OCC(CNCC(C)C)O2)cc1. The van der Waals surface area contributed by atoms with Crippen LogP contribution in [0.4, 0.5) is 0 Å². The van der Waals surface area contributed by atoms with Gasteiger partial charge in [0.25, 0.3) is 0 Å². The van der Waals surface area contributed by atoms with Crippen molar-refractivity contribution < 1.29 is 14.2 Å². The fourth-order valence-corrected chi connectivity index (χ4v) is 2.02. The second-order valence-corrected chi connectivity index (χ2v) is 5.25. The molecule has 1 saturated heterocycles. The minimum atomic E-state index is -0.253. The monoisotopic (exact) mass is 265 g/mol. The summed E-state index contributed by atoms with van der Waals surface area (Å²) in [6, 6.07) is 7.81. The first kappa shape index (κ1) is 14.3. The summed E-state index contributed by atoms with van der Waals surface area (Å²) in [5, 5.41) is 3.39. The second-order valence-electron chi connectivity index (χ2n) is 5.25. The maximum Gasteiger partial charge on any atom is 0.184 e. The Balaban J connectivity index is 1.80. The van der Waals surface area contributed by atoms with E-state index < -0.39 is 0 Å². The molecule has 1 N–H and O–H groups in total. The number of hydrogen-bond acceptors (Lipinski definition) is 4. The summed E-state index contributed by atoms with van der Waals surface area (Å²) in [6.07, 6.45) is -0.123. The lowest BCUT2D eigenvalue weighted by atomic mass is 10.2. The molecule has 0 spiro atoms. The van der Waals surface area contributed by atoms with Gasteiger partial charge in [-0.25, -0.2) is 0 Å². The molecule has 0 amide bonds. The van der Waals surface area contributed by atoms with Crippen molar-refractivity contribution in [1.82, 2.24) is 5.32 Å². The van der Waals surface area contributed by atoms with Crippen LogP contribution >= 0.6 is 0 Å². The Morgan fingerprint density at radius 2 is 2.05 bits per heavy atom. The summed E-state index contributed by atoms with van der Waals surface area (Å²) < 4.78 is 16.7. The topological polar surface area (TPSA) is 39.7 Å². The molecule has 2 rings (SSSR count). The van der Waals surface area contributed by atoms with Crippen molar-refractivity contribution in [2.75, 3.05) is 26.8 Å². The number of methoxy groups -OCH3 is 1. The largest absolute Gasteiger partial charge is 0.497 e. The van der Waals surface area contributed by atoms with Gasteiger partial charge in [-0.3, -0.25) is 0 Å². The summed E-state index contributed by atoms with van der Waals surface area (Å²) in [7, 11) is 1.66. The molecular formula is C15H23NO3. The van der Waals surface area contributed by atoms with Crippen molar-refractivity contribution in [3.05, 3.63) is 29.8 Å². The normalized spacial score (nSPS) is 22.9. The van der Waals surface area contributed by atoms with Gasteiger partial charge in [-0.1, -0.05) is 26.0 Å². The van der Waals surface area contributed by atoms with Gasteiger partial charge in [-0.05, 0) is 24.6 Å². The van der Waals surface area contributed by atoms with E-state index >= 15 is 0 Å². The van der Waals surface area contributed by atoms with Crippen LogP contribution in [0.3, 0.4) is 0 Å². The zero-order chi connectivity index (χ0) is 13.7. The summed E-state index contributed by atoms with van der Waals surface area (Å²) >= 11 is 0. The van der Waals surface area contributed by atoms with Crippen molar-refractivity contribution in [2.24, 2.45) is 5.92 Å². The molecule has 1 aromatic rings. The quantitative estimate of drug-likeness (QED) is 0.857. The third-order valence-electron chi connectivity index (χ3n) is 3.06. The van der Waals surface area contributed by atoms with E-state index in [2.05, 4.69) is 19.2 Å². The predicted octanol–water partition coefficient (Wildman–Crippen LogP) is 2.35. The van der Waals surface area contributed by atoms with E-state index in [9.17, 15) is 0 Å². The first-order valence-corrected chi connectivity index (χ1v) is 6.80. The fourth-order valence-electron chi connectivity index (χ4n) is 2.02. The van der Waals surface area contributed by atoms with Crippen LogP contribution in [0.15, 0.2) is 24.3 Å². The second kappa shape index (κ2) is 6.89. The van der Waals surface area contributed by atoms with Crippen LogP contribution in [0.1, 0.15) is 25.7 Å². The summed E-state index contributed by atoms with van der Waals surface area (Å²) in [4.78, 5) is 0. The smallest absolute Gasteiger partial charge is 0.184 e. The molecule has 19 heavy (non-hydrogen) atoms. The molecule has 1 fully saturated rings. The van der Waals surface area contributed by atoms with E-state index in [-0.39, 0.29) is 12.4 Å². The lowest BCUT2D eigenvalue weighted by Crippen LogP contribution is -2.30. The average molecular weight is 265 g/mol. The number of rotatable bonds is 6. The van der Waals surface area contributed by atoms with E-state index in [1.807, 2.05) is 24.3 Å². The highest BCUT2D eigenvalue weighted by Crippen LogP contribution is 2.27. The van der Waals surface area contributed by atoms with Crippen molar-refractivity contribution in [3.8, 4) is 5.75 Å². The van der Waals surface area contributed by atoms with Gasteiger partial charge in [0, 0.05) is 12.1 Å². The first-order chi connectivity index (χ1) is 9.19. The van der Waals surface area contributed by atoms with E-state index in [0.717, 1.165) is 24.4 Å². The molecule has 0 aliphatic carbocycles. The fraction of sp³-hybridized carbons (Fsp3) is 0.600. The molecule has 1 aliphatic heterocycles. The van der Waals surface area contributed by atoms with E-state index in [1.165, 1.54) is 0 Å². The Hall–Kier alpha value is -1.10. The van der Waals surface area contributed by atoms with Crippen LogP contribution in [-0.4, -0.2) is 32.9 Å². The van der Waals surface area contributed by atoms with E-state index in [0.29, 0.717) is 12.5 Å². The molecule has 4 heteroatoms. The van der Waals surface area contributed by atoms with Gasteiger partial charge >= 0.3 is 0 Å². The number of benzene rings is 1. The average Bonchev–Trinajstić information content (AvgIpc) is 2.87. The Labute approximate surface area is 115 Å². The molecule has 0 radical (unpaired) electrons. The van der Waals surface area contributed by atoms with Crippen molar-refractivity contribution >= 4 is 0 Å². The lowest BCUT2D eigenvalue weighted by Gasteiger charge is -2.13. The Morgan fingerprint density at radius 1 is 1.32 bits per heavy atom. The third kappa shape index (κ3) is 4.20. The van der Waals surface area contributed by atoms with Crippen LogP contribution in [0.25, 0.3) is 0 Å². The minimum absolute atomic E-state index is 0.130. The molecule has 0 aromatic heterocycles. The Bertz CT molecular complexity index is 377. The zero-order valence-corrected chi connectivity index (χ0v) is 11.9. The first-order valence-electron chi connectivity index (χ1n) is 6.80. The summed E-state index contributed by atoms with van der Waals surface area (Å²) in [5.74, 6) is 1.50. The Morgan fingerprint density at radius 3 is 2.68 bits per heavy atom. The van der Waals surface area contributed by atoms with Gasteiger partial charge in [0.1, 0.15) is 5.75 Å². The molecule has 0 bridgehead atoms. The maximum absolute atomic E-state index is 5.88. The number of hydrogen-bond donors (Lipinski definition) is 1. The highest BCUT2D eigenvalue weighted by atomic mass is 16.7. The van der Waals surface area contributed by atoms with Gasteiger partial charge in [-0.15, -0.1) is 0 Å². The highest BCUT2D eigenvalue weighted by molar-refractivity contribution is 5.28. The molecule has 0 saturated carbocycles. The molecule has 1 aliphatic rings. The van der Waals surface area contributed by atoms with Crippen molar-refractivity contribution in [3.63, 3.8) is 0 Å². The Kier molecular flexibility index (Phi) is 5.19. The maximum atomic E-state index is 5.88. The minimum Gasteiger partial charge on any atom is -0.497 e. The molecule has 1 aromatic carbocycles. The standard InChI is InChI=1S/C15H23NO3/c1-11(2)8-16-9-14-10-18-15(19-14)12-4-6-13(17-3)7-5-12/h4-7,11,14-16H,8-10H2,1-3H3. The van der Waals surface area contributed by atoms with E-state index in [4.69, 9.17) is 14.2 Å². The van der Waals surface area contributed by atoms with Crippen LogP contribution in [0.2, 0.25) is 0 Å². The lowest BCUT2D eigenvalue weighted by molar-refractivity contribution is -0.0596. The van der Waals surface area contributed by atoms with Crippen molar-refractivity contribution in [2.45, 2.75) is 26.2 Å².